The molecular formula is C27H27N3O4S. The Kier molecular flexibility index (Phi) is 7.95. The summed E-state index contributed by atoms with van der Waals surface area (Å²) in [5.41, 5.74) is 4.62. The van der Waals surface area contributed by atoms with E-state index in [2.05, 4.69) is 10.3 Å². The SMILES string of the molecule is COc1cc(OC)c(OC)cc1CNC(=O)CSc1nc(-c2ccccc2)c(-c2ccccc2)[nH]1. The van der Waals surface area contributed by atoms with Gasteiger partial charge >= 0.3 is 0 Å². The van der Waals surface area contributed by atoms with Gasteiger partial charge < -0.3 is 24.5 Å². The lowest BCUT2D eigenvalue weighted by atomic mass is 10.1. The molecule has 0 aliphatic rings. The number of rotatable bonds is 10. The van der Waals surface area contributed by atoms with Crippen molar-refractivity contribution in [1.82, 2.24) is 15.3 Å². The maximum Gasteiger partial charge on any atom is 0.230 e. The summed E-state index contributed by atoms with van der Waals surface area (Å²) in [6, 6.07) is 23.6. The number of carbonyl (C=O) groups is 1. The molecule has 0 atom stereocenters. The average molecular weight is 490 g/mol. The average Bonchev–Trinajstić information content (AvgIpc) is 3.35. The number of methoxy groups -OCH3 is 3. The molecule has 0 fully saturated rings. The van der Waals surface area contributed by atoms with Gasteiger partial charge in [-0.1, -0.05) is 72.4 Å². The second-order valence-electron chi connectivity index (χ2n) is 7.58. The Labute approximate surface area is 208 Å². The molecule has 0 saturated heterocycles. The normalized spacial score (nSPS) is 10.6. The summed E-state index contributed by atoms with van der Waals surface area (Å²) in [4.78, 5) is 20.8. The van der Waals surface area contributed by atoms with Crippen molar-refractivity contribution >= 4 is 17.7 Å². The Hall–Kier alpha value is -3.91. The molecule has 1 heterocycles. The van der Waals surface area contributed by atoms with Crippen LogP contribution < -0.4 is 19.5 Å². The topological polar surface area (TPSA) is 85.5 Å². The van der Waals surface area contributed by atoms with Gasteiger partial charge in [-0.2, -0.15) is 0 Å². The van der Waals surface area contributed by atoms with Crippen molar-refractivity contribution in [2.24, 2.45) is 0 Å². The Morgan fingerprint density at radius 2 is 1.46 bits per heavy atom. The first-order chi connectivity index (χ1) is 17.1. The fourth-order valence-corrected chi connectivity index (χ4v) is 4.35. The third kappa shape index (κ3) is 5.78. The van der Waals surface area contributed by atoms with Crippen molar-refractivity contribution in [3.05, 3.63) is 78.4 Å². The van der Waals surface area contributed by atoms with Crippen LogP contribution in [0.15, 0.2) is 78.0 Å². The van der Waals surface area contributed by atoms with E-state index in [1.165, 1.54) is 11.8 Å². The van der Waals surface area contributed by atoms with Gasteiger partial charge in [-0.25, -0.2) is 4.98 Å². The zero-order valence-electron chi connectivity index (χ0n) is 19.8. The minimum absolute atomic E-state index is 0.120. The lowest BCUT2D eigenvalue weighted by Crippen LogP contribution is -2.24. The predicted molar refractivity (Wildman–Crippen MR) is 138 cm³/mol. The predicted octanol–water partition coefficient (Wildman–Crippen LogP) is 5.18. The van der Waals surface area contributed by atoms with E-state index in [1.807, 2.05) is 60.7 Å². The van der Waals surface area contributed by atoms with Gasteiger partial charge in [0, 0.05) is 29.3 Å². The van der Waals surface area contributed by atoms with E-state index in [-0.39, 0.29) is 11.7 Å². The van der Waals surface area contributed by atoms with E-state index >= 15 is 0 Å². The highest BCUT2D eigenvalue weighted by atomic mass is 32.2. The largest absolute Gasteiger partial charge is 0.496 e. The third-order valence-corrected chi connectivity index (χ3v) is 6.27. The number of carbonyl (C=O) groups excluding carboxylic acids is 1. The van der Waals surface area contributed by atoms with Gasteiger partial charge in [0.15, 0.2) is 16.7 Å². The number of amides is 1. The number of imidazole rings is 1. The molecule has 0 spiro atoms. The van der Waals surface area contributed by atoms with Crippen molar-refractivity contribution in [1.29, 1.82) is 0 Å². The van der Waals surface area contributed by atoms with E-state index in [9.17, 15) is 4.79 Å². The van der Waals surface area contributed by atoms with Gasteiger partial charge in [-0.15, -0.1) is 0 Å². The molecule has 1 aromatic heterocycles. The quantitative estimate of drug-likeness (QED) is 0.299. The maximum absolute atomic E-state index is 12.6. The number of H-pyrrole nitrogens is 1. The fraction of sp³-hybridized carbons (Fsp3) is 0.185. The molecule has 4 rings (SSSR count). The van der Waals surface area contributed by atoms with E-state index < -0.39 is 0 Å². The smallest absolute Gasteiger partial charge is 0.230 e. The number of benzene rings is 3. The first kappa shape index (κ1) is 24.2. The van der Waals surface area contributed by atoms with Gasteiger partial charge in [0.1, 0.15) is 5.75 Å². The van der Waals surface area contributed by atoms with Crippen molar-refractivity contribution < 1.29 is 19.0 Å². The van der Waals surface area contributed by atoms with Crippen LogP contribution in [0.4, 0.5) is 0 Å². The van der Waals surface area contributed by atoms with E-state index in [4.69, 9.17) is 19.2 Å². The number of hydrogen-bond acceptors (Lipinski definition) is 6. The molecule has 0 saturated carbocycles. The molecule has 35 heavy (non-hydrogen) atoms. The minimum Gasteiger partial charge on any atom is -0.496 e. The van der Waals surface area contributed by atoms with Crippen LogP contribution in [0.25, 0.3) is 22.5 Å². The summed E-state index contributed by atoms with van der Waals surface area (Å²) in [7, 11) is 4.71. The van der Waals surface area contributed by atoms with Crippen LogP contribution in [0.1, 0.15) is 5.56 Å². The second kappa shape index (κ2) is 11.5. The van der Waals surface area contributed by atoms with Crippen molar-refractivity contribution in [2.75, 3.05) is 27.1 Å². The second-order valence-corrected chi connectivity index (χ2v) is 8.55. The zero-order chi connectivity index (χ0) is 24.6. The van der Waals surface area contributed by atoms with E-state index in [1.54, 1.807) is 33.5 Å². The van der Waals surface area contributed by atoms with E-state index in [0.717, 1.165) is 28.1 Å². The molecule has 3 aromatic carbocycles. The number of aromatic amines is 1. The lowest BCUT2D eigenvalue weighted by Gasteiger charge is -2.14. The number of nitrogens with zero attached hydrogens (tertiary/aromatic N) is 1. The molecule has 0 aliphatic heterocycles. The molecular weight excluding hydrogens is 462 g/mol. The number of aromatic nitrogens is 2. The van der Waals surface area contributed by atoms with Crippen molar-refractivity contribution in [2.45, 2.75) is 11.7 Å². The highest BCUT2D eigenvalue weighted by molar-refractivity contribution is 7.99. The summed E-state index contributed by atoms with van der Waals surface area (Å²) in [5, 5.41) is 3.62. The lowest BCUT2D eigenvalue weighted by molar-refractivity contribution is -0.118. The van der Waals surface area contributed by atoms with Crippen LogP contribution in [0.3, 0.4) is 0 Å². The van der Waals surface area contributed by atoms with Crippen molar-refractivity contribution in [3.63, 3.8) is 0 Å². The highest BCUT2D eigenvalue weighted by Gasteiger charge is 2.16. The molecule has 7 nitrogen and oxygen atoms in total. The number of hydrogen-bond donors (Lipinski definition) is 2. The first-order valence-corrected chi connectivity index (χ1v) is 12.0. The van der Waals surface area contributed by atoms with E-state index in [0.29, 0.717) is 28.9 Å². The number of ether oxygens (including phenoxy) is 3. The maximum atomic E-state index is 12.6. The van der Waals surface area contributed by atoms with Crippen LogP contribution in [-0.4, -0.2) is 43.0 Å². The molecule has 8 heteroatoms. The van der Waals surface area contributed by atoms with Gasteiger partial charge in [0.25, 0.3) is 0 Å². The zero-order valence-corrected chi connectivity index (χ0v) is 20.6. The van der Waals surface area contributed by atoms with Crippen molar-refractivity contribution in [3.8, 4) is 39.8 Å². The molecule has 0 radical (unpaired) electrons. The van der Waals surface area contributed by atoms with Crippen LogP contribution >= 0.6 is 11.8 Å². The Balaban J connectivity index is 1.46. The molecule has 0 bridgehead atoms. The molecule has 4 aromatic rings. The Morgan fingerprint density at radius 3 is 2.09 bits per heavy atom. The summed E-state index contributed by atoms with van der Waals surface area (Å²) in [5.74, 6) is 1.85. The molecule has 180 valence electrons. The first-order valence-electron chi connectivity index (χ1n) is 11.0. The highest BCUT2D eigenvalue weighted by Crippen LogP contribution is 2.35. The molecule has 1 amide bonds. The summed E-state index contributed by atoms with van der Waals surface area (Å²) < 4.78 is 16.1. The third-order valence-electron chi connectivity index (χ3n) is 5.39. The Bertz CT molecular complexity index is 1220. The van der Waals surface area contributed by atoms with Gasteiger partial charge in [0.2, 0.25) is 5.91 Å². The summed E-state index contributed by atoms with van der Waals surface area (Å²) >= 11 is 1.36. The molecule has 0 aliphatic carbocycles. The number of nitrogens with one attached hydrogen (secondary N) is 2. The summed E-state index contributed by atoms with van der Waals surface area (Å²) in [6.45, 7) is 0.297. The molecule has 0 unspecified atom stereocenters. The van der Waals surface area contributed by atoms with Gasteiger partial charge in [0.05, 0.1) is 38.5 Å². The summed E-state index contributed by atoms with van der Waals surface area (Å²) in [6.07, 6.45) is 0. The monoisotopic (exact) mass is 489 g/mol. The fourth-order valence-electron chi connectivity index (χ4n) is 3.65. The Morgan fingerprint density at radius 1 is 0.857 bits per heavy atom. The van der Waals surface area contributed by atoms with Crippen LogP contribution in [0.2, 0.25) is 0 Å². The van der Waals surface area contributed by atoms with Crippen LogP contribution in [0.5, 0.6) is 17.2 Å². The molecule has 2 N–H and O–H groups in total. The van der Waals surface area contributed by atoms with Gasteiger partial charge in [-0.3, -0.25) is 4.79 Å². The number of thioether (sulfide) groups is 1. The van der Waals surface area contributed by atoms with Crippen LogP contribution in [-0.2, 0) is 11.3 Å². The standard InChI is InChI=1S/C27H27N3O4S/c1-32-21-15-23(34-3)22(33-2)14-20(21)16-28-24(31)17-35-27-29-25(18-10-6-4-7-11-18)26(30-27)19-12-8-5-9-13-19/h4-15H,16-17H2,1-3H3,(H,28,31)(H,29,30). The van der Waals surface area contributed by atoms with Crippen LogP contribution in [0, 0.1) is 0 Å². The van der Waals surface area contributed by atoms with Gasteiger partial charge in [-0.05, 0) is 6.07 Å². The minimum atomic E-state index is -0.120.